The van der Waals surface area contributed by atoms with Gasteiger partial charge in [0, 0.05) is 19.1 Å². The second-order valence-corrected chi connectivity index (χ2v) is 5.53. The zero-order valence-corrected chi connectivity index (χ0v) is 10.3. The Kier molecular flexibility index (Phi) is 2.74. The van der Waals surface area contributed by atoms with Gasteiger partial charge in [0.1, 0.15) is 0 Å². The standard InChI is InChI=1S/C13H20N4/c1-9-2-5-13(16-15-9)17-7-10-3-4-12(14)6-11(10)8-17/h2,5,10-12H,3-4,6-8,14H2,1H3/t10-,11+,12?/m1/s1. The molecule has 0 spiro atoms. The van der Waals surface area contributed by atoms with Crippen LogP contribution in [0.1, 0.15) is 25.0 Å². The number of aromatic nitrogens is 2. The molecule has 2 aliphatic rings. The van der Waals surface area contributed by atoms with Crippen LogP contribution in [-0.2, 0) is 0 Å². The van der Waals surface area contributed by atoms with Crippen molar-refractivity contribution in [3.8, 4) is 0 Å². The summed E-state index contributed by atoms with van der Waals surface area (Å²) in [7, 11) is 0. The maximum atomic E-state index is 6.05. The third-order valence-electron chi connectivity index (χ3n) is 4.20. The Morgan fingerprint density at radius 3 is 2.76 bits per heavy atom. The molecule has 17 heavy (non-hydrogen) atoms. The molecule has 92 valence electrons. The Morgan fingerprint density at radius 1 is 1.18 bits per heavy atom. The number of fused-ring (bicyclic) bond motifs is 1. The van der Waals surface area contributed by atoms with E-state index in [2.05, 4.69) is 21.2 Å². The summed E-state index contributed by atoms with van der Waals surface area (Å²) in [4.78, 5) is 2.37. The lowest BCUT2D eigenvalue weighted by Gasteiger charge is -2.27. The molecule has 1 aromatic rings. The molecule has 1 saturated carbocycles. The third kappa shape index (κ3) is 2.14. The number of hydrogen-bond donors (Lipinski definition) is 1. The SMILES string of the molecule is Cc1ccc(N2C[C@H]3CCC(N)C[C@H]3C2)nn1. The van der Waals surface area contributed by atoms with Gasteiger partial charge in [0.25, 0.3) is 0 Å². The topological polar surface area (TPSA) is 55.0 Å². The molecule has 1 aliphatic carbocycles. The van der Waals surface area contributed by atoms with Gasteiger partial charge in [-0.05, 0) is 50.2 Å². The maximum absolute atomic E-state index is 6.05. The number of rotatable bonds is 1. The zero-order chi connectivity index (χ0) is 11.8. The van der Waals surface area contributed by atoms with Crippen molar-refractivity contribution in [2.45, 2.75) is 32.2 Å². The molecule has 0 bridgehead atoms. The summed E-state index contributed by atoms with van der Waals surface area (Å²) in [5.74, 6) is 2.61. The van der Waals surface area contributed by atoms with Crippen LogP contribution in [0.3, 0.4) is 0 Å². The lowest BCUT2D eigenvalue weighted by molar-refractivity contribution is 0.271. The van der Waals surface area contributed by atoms with E-state index in [1.807, 2.05) is 13.0 Å². The minimum atomic E-state index is 0.417. The highest BCUT2D eigenvalue weighted by molar-refractivity contribution is 5.39. The number of hydrogen-bond acceptors (Lipinski definition) is 4. The second-order valence-electron chi connectivity index (χ2n) is 5.53. The van der Waals surface area contributed by atoms with Crippen molar-refractivity contribution >= 4 is 5.82 Å². The lowest BCUT2D eigenvalue weighted by atomic mass is 9.79. The zero-order valence-electron chi connectivity index (χ0n) is 10.3. The summed E-state index contributed by atoms with van der Waals surface area (Å²) in [6.07, 6.45) is 3.65. The first-order chi connectivity index (χ1) is 8.22. The Morgan fingerprint density at radius 2 is 2.00 bits per heavy atom. The Balaban J connectivity index is 1.73. The molecule has 4 nitrogen and oxygen atoms in total. The fourth-order valence-corrected chi connectivity index (χ4v) is 3.22. The Labute approximate surface area is 102 Å². The van der Waals surface area contributed by atoms with Gasteiger partial charge < -0.3 is 10.6 Å². The van der Waals surface area contributed by atoms with Crippen molar-refractivity contribution in [3.05, 3.63) is 17.8 Å². The highest BCUT2D eigenvalue weighted by Crippen LogP contribution is 2.36. The van der Waals surface area contributed by atoms with Gasteiger partial charge in [-0.3, -0.25) is 0 Å². The molecule has 1 saturated heterocycles. The van der Waals surface area contributed by atoms with Crippen LogP contribution in [0.5, 0.6) is 0 Å². The largest absolute Gasteiger partial charge is 0.355 e. The minimum absolute atomic E-state index is 0.417. The minimum Gasteiger partial charge on any atom is -0.355 e. The summed E-state index contributed by atoms with van der Waals surface area (Å²) in [5.41, 5.74) is 7.03. The number of nitrogens with zero attached hydrogens (tertiary/aromatic N) is 3. The van der Waals surface area contributed by atoms with E-state index in [4.69, 9.17) is 5.73 Å². The van der Waals surface area contributed by atoms with E-state index in [1.165, 1.54) is 19.3 Å². The molecule has 1 unspecified atom stereocenters. The van der Waals surface area contributed by atoms with Gasteiger partial charge in [-0.1, -0.05) is 0 Å². The van der Waals surface area contributed by atoms with Gasteiger partial charge in [0.05, 0.1) is 5.69 Å². The van der Waals surface area contributed by atoms with Crippen molar-refractivity contribution in [2.75, 3.05) is 18.0 Å². The molecule has 1 aliphatic heterocycles. The van der Waals surface area contributed by atoms with Crippen molar-refractivity contribution in [1.29, 1.82) is 0 Å². The van der Waals surface area contributed by atoms with Crippen molar-refractivity contribution in [2.24, 2.45) is 17.6 Å². The fourth-order valence-electron chi connectivity index (χ4n) is 3.22. The van der Waals surface area contributed by atoms with Crippen molar-refractivity contribution in [3.63, 3.8) is 0 Å². The van der Waals surface area contributed by atoms with Crippen molar-refractivity contribution in [1.82, 2.24) is 10.2 Å². The smallest absolute Gasteiger partial charge is 0.151 e. The number of aryl methyl sites for hydroxylation is 1. The van der Waals surface area contributed by atoms with Gasteiger partial charge in [-0.25, -0.2) is 0 Å². The van der Waals surface area contributed by atoms with Gasteiger partial charge >= 0.3 is 0 Å². The monoisotopic (exact) mass is 232 g/mol. The lowest BCUT2D eigenvalue weighted by Crippen LogP contribution is -2.32. The Hall–Kier alpha value is -1.16. The summed E-state index contributed by atoms with van der Waals surface area (Å²) in [5, 5.41) is 8.42. The van der Waals surface area contributed by atoms with E-state index in [0.717, 1.165) is 36.4 Å². The van der Waals surface area contributed by atoms with Crippen LogP contribution in [0.25, 0.3) is 0 Å². The van der Waals surface area contributed by atoms with Crippen LogP contribution in [-0.4, -0.2) is 29.3 Å². The fraction of sp³-hybridized carbons (Fsp3) is 0.692. The van der Waals surface area contributed by atoms with Crippen LogP contribution in [0.15, 0.2) is 12.1 Å². The molecule has 0 amide bonds. The maximum Gasteiger partial charge on any atom is 0.151 e. The van der Waals surface area contributed by atoms with Crippen LogP contribution in [0, 0.1) is 18.8 Å². The molecule has 4 heteroatoms. The highest BCUT2D eigenvalue weighted by atomic mass is 15.3. The highest BCUT2D eigenvalue weighted by Gasteiger charge is 2.37. The van der Waals surface area contributed by atoms with Crippen LogP contribution < -0.4 is 10.6 Å². The van der Waals surface area contributed by atoms with Gasteiger partial charge in [0.2, 0.25) is 0 Å². The third-order valence-corrected chi connectivity index (χ3v) is 4.20. The van der Waals surface area contributed by atoms with Gasteiger partial charge in [-0.15, -0.1) is 5.10 Å². The summed E-state index contributed by atoms with van der Waals surface area (Å²) < 4.78 is 0. The van der Waals surface area contributed by atoms with Crippen LogP contribution >= 0.6 is 0 Å². The molecule has 0 aromatic carbocycles. The first-order valence-corrected chi connectivity index (χ1v) is 6.53. The molecule has 3 atom stereocenters. The van der Waals surface area contributed by atoms with Gasteiger partial charge in [-0.2, -0.15) is 5.10 Å². The summed E-state index contributed by atoms with van der Waals surface area (Å²) in [6.45, 7) is 4.21. The van der Waals surface area contributed by atoms with E-state index in [1.54, 1.807) is 0 Å². The average Bonchev–Trinajstić information content (AvgIpc) is 2.72. The molecule has 0 radical (unpaired) electrons. The molecule has 2 fully saturated rings. The van der Waals surface area contributed by atoms with Crippen LogP contribution in [0.2, 0.25) is 0 Å². The van der Waals surface area contributed by atoms with E-state index in [-0.39, 0.29) is 0 Å². The first kappa shape index (κ1) is 11.0. The molecular weight excluding hydrogens is 212 g/mol. The normalized spacial score (nSPS) is 32.6. The molecular formula is C13H20N4. The van der Waals surface area contributed by atoms with E-state index >= 15 is 0 Å². The number of nitrogens with two attached hydrogens (primary N) is 1. The van der Waals surface area contributed by atoms with E-state index in [9.17, 15) is 0 Å². The molecule has 2 N–H and O–H groups in total. The van der Waals surface area contributed by atoms with Gasteiger partial charge in [0.15, 0.2) is 5.82 Å². The van der Waals surface area contributed by atoms with E-state index < -0.39 is 0 Å². The first-order valence-electron chi connectivity index (χ1n) is 6.53. The Bertz CT molecular complexity index is 389. The van der Waals surface area contributed by atoms with E-state index in [0.29, 0.717) is 6.04 Å². The molecule has 3 rings (SSSR count). The quantitative estimate of drug-likeness (QED) is 0.794. The average molecular weight is 232 g/mol. The predicted octanol–water partition coefficient (Wildman–Crippen LogP) is 1.35. The number of anilines is 1. The predicted molar refractivity (Wildman–Crippen MR) is 67.8 cm³/mol. The molecule has 2 heterocycles. The summed E-state index contributed by atoms with van der Waals surface area (Å²) >= 11 is 0. The molecule has 1 aromatic heterocycles. The summed E-state index contributed by atoms with van der Waals surface area (Å²) in [6, 6.07) is 4.54. The van der Waals surface area contributed by atoms with Crippen LogP contribution in [0.4, 0.5) is 5.82 Å². The second kappa shape index (κ2) is 4.26. The van der Waals surface area contributed by atoms with Crippen molar-refractivity contribution < 1.29 is 0 Å².